The molecule has 0 amide bonds. The number of rotatable bonds is 6. The van der Waals surface area contributed by atoms with Gasteiger partial charge in [0.05, 0.1) is 11.0 Å². The molecular formula is C57H37NOS. The number of hydrogen-bond donors (Lipinski definition) is 0. The zero-order chi connectivity index (χ0) is 39.3. The maximum Gasteiger partial charge on any atom is 0.143 e. The summed E-state index contributed by atoms with van der Waals surface area (Å²) in [6.45, 7) is 0. The van der Waals surface area contributed by atoms with Gasteiger partial charge in [-0.05, 0) is 94.3 Å². The highest BCUT2D eigenvalue weighted by Gasteiger charge is 2.29. The van der Waals surface area contributed by atoms with Crippen LogP contribution in [0.2, 0.25) is 0 Å². The zero-order valence-corrected chi connectivity index (χ0v) is 33.5. The molecule has 0 fully saturated rings. The summed E-state index contributed by atoms with van der Waals surface area (Å²) >= 11 is 1.87. The van der Waals surface area contributed by atoms with Gasteiger partial charge in [-0.15, -0.1) is 11.3 Å². The van der Waals surface area contributed by atoms with Gasteiger partial charge < -0.3 is 8.98 Å². The van der Waals surface area contributed by atoms with Crippen LogP contribution in [0.5, 0.6) is 0 Å². The molecule has 0 saturated heterocycles. The summed E-state index contributed by atoms with van der Waals surface area (Å²) in [5.74, 6) is 0.346. The summed E-state index contributed by atoms with van der Waals surface area (Å²) in [5.41, 5.74) is 17.2. The molecule has 3 heteroatoms. The van der Waals surface area contributed by atoms with Crippen LogP contribution in [0.3, 0.4) is 0 Å². The van der Waals surface area contributed by atoms with Crippen LogP contribution in [0.15, 0.2) is 199 Å². The van der Waals surface area contributed by atoms with Crippen molar-refractivity contribution in [3.63, 3.8) is 0 Å². The summed E-state index contributed by atoms with van der Waals surface area (Å²) in [5, 5.41) is 7.36. The lowest BCUT2D eigenvalue weighted by atomic mass is 9.88. The third-order valence-corrected chi connectivity index (χ3v) is 14.3. The first-order chi connectivity index (χ1) is 29.8. The van der Waals surface area contributed by atoms with Crippen LogP contribution >= 0.6 is 11.3 Å². The maximum absolute atomic E-state index is 6.69. The fourth-order valence-corrected chi connectivity index (χ4v) is 11.6. The second kappa shape index (κ2) is 13.2. The lowest BCUT2D eigenvalue weighted by molar-refractivity contribution is 0.670. The Morgan fingerprint density at radius 1 is 0.467 bits per heavy atom. The highest BCUT2D eigenvalue weighted by Crippen LogP contribution is 2.50. The smallest absolute Gasteiger partial charge is 0.143 e. The Bertz CT molecular complexity index is 3680. The quantitative estimate of drug-likeness (QED) is 0.164. The minimum atomic E-state index is 0.346. The molecule has 9 aromatic carbocycles. The van der Waals surface area contributed by atoms with Gasteiger partial charge >= 0.3 is 0 Å². The van der Waals surface area contributed by atoms with Crippen molar-refractivity contribution in [2.45, 2.75) is 18.8 Å². The van der Waals surface area contributed by atoms with E-state index < -0.39 is 0 Å². The minimum absolute atomic E-state index is 0.346. The lowest BCUT2D eigenvalue weighted by Gasteiger charge is -2.15. The van der Waals surface area contributed by atoms with Crippen LogP contribution in [-0.4, -0.2) is 4.57 Å². The lowest BCUT2D eigenvalue weighted by Crippen LogP contribution is -1.99. The van der Waals surface area contributed by atoms with Gasteiger partial charge in [0.1, 0.15) is 11.2 Å². The molecule has 0 spiro atoms. The second-order valence-corrected chi connectivity index (χ2v) is 17.3. The van der Waals surface area contributed by atoms with Crippen LogP contribution < -0.4 is 0 Å². The molecule has 2 nitrogen and oxygen atoms in total. The molecule has 282 valence electrons. The number of furan rings is 1. The van der Waals surface area contributed by atoms with E-state index in [-0.39, 0.29) is 0 Å². The zero-order valence-electron chi connectivity index (χ0n) is 32.7. The monoisotopic (exact) mass is 783 g/mol. The molecule has 3 heterocycles. The number of aromatic nitrogens is 1. The van der Waals surface area contributed by atoms with Gasteiger partial charge in [0, 0.05) is 64.4 Å². The van der Waals surface area contributed by atoms with E-state index in [1.807, 2.05) is 11.3 Å². The molecule has 0 radical (unpaired) electrons. The van der Waals surface area contributed by atoms with E-state index in [0.29, 0.717) is 5.92 Å². The van der Waals surface area contributed by atoms with Crippen molar-refractivity contribution in [2.24, 2.45) is 0 Å². The molecule has 1 aliphatic rings. The van der Waals surface area contributed by atoms with Crippen LogP contribution in [0.25, 0.3) is 103 Å². The molecule has 1 unspecified atom stereocenters. The molecule has 0 saturated carbocycles. The fraction of sp³-hybridized carbons (Fsp3) is 0.0526. The second-order valence-electron chi connectivity index (χ2n) is 16.3. The number of nitrogens with zero attached hydrogens (tertiary/aromatic N) is 1. The van der Waals surface area contributed by atoms with Crippen molar-refractivity contribution in [1.29, 1.82) is 0 Å². The first kappa shape index (κ1) is 33.7. The number of hydrogen-bond acceptors (Lipinski definition) is 2. The summed E-state index contributed by atoms with van der Waals surface area (Å²) in [6, 6.07) is 71.7. The predicted octanol–water partition coefficient (Wildman–Crippen LogP) is 16.1. The maximum atomic E-state index is 6.69. The normalized spacial score (nSPS) is 13.6. The Balaban J connectivity index is 1.03. The average Bonchev–Trinajstić information content (AvgIpc) is 4.06. The number of thiophene rings is 1. The van der Waals surface area contributed by atoms with Crippen LogP contribution in [0, 0.1) is 0 Å². The van der Waals surface area contributed by atoms with E-state index in [4.69, 9.17) is 4.42 Å². The van der Waals surface area contributed by atoms with E-state index in [1.54, 1.807) is 0 Å². The van der Waals surface area contributed by atoms with Gasteiger partial charge in [-0.25, -0.2) is 0 Å². The fourth-order valence-electron chi connectivity index (χ4n) is 10.4. The van der Waals surface area contributed by atoms with Gasteiger partial charge in [0.15, 0.2) is 0 Å². The third kappa shape index (κ3) is 5.00. The number of fused-ring (bicyclic) bond motifs is 12. The van der Waals surface area contributed by atoms with Crippen LogP contribution in [0.1, 0.15) is 29.0 Å². The average molecular weight is 784 g/mol. The van der Waals surface area contributed by atoms with E-state index in [0.717, 1.165) is 46.0 Å². The topological polar surface area (TPSA) is 18.1 Å². The Morgan fingerprint density at radius 3 is 2.10 bits per heavy atom. The Labute approximate surface area is 351 Å². The molecule has 1 aliphatic carbocycles. The number of benzene rings is 9. The summed E-state index contributed by atoms with van der Waals surface area (Å²) in [4.78, 5) is 0. The highest BCUT2D eigenvalue weighted by molar-refractivity contribution is 7.26. The molecular weight excluding hydrogens is 747 g/mol. The van der Waals surface area contributed by atoms with Crippen molar-refractivity contribution < 1.29 is 4.42 Å². The minimum Gasteiger partial charge on any atom is -0.455 e. The first-order valence-electron chi connectivity index (χ1n) is 20.9. The Kier molecular flexibility index (Phi) is 7.40. The number of para-hydroxylation sites is 3. The number of aryl methyl sites for hydroxylation is 1. The van der Waals surface area contributed by atoms with Gasteiger partial charge in [0.25, 0.3) is 0 Å². The van der Waals surface area contributed by atoms with Gasteiger partial charge in [-0.3, -0.25) is 0 Å². The highest BCUT2D eigenvalue weighted by atomic mass is 32.1. The molecule has 1 atom stereocenters. The summed E-state index contributed by atoms with van der Waals surface area (Å²) in [7, 11) is 0. The van der Waals surface area contributed by atoms with Crippen LogP contribution in [0.4, 0.5) is 0 Å². The Hall–Kier alpha value is -7.20. The van der Waals surface area contributed by atoms with Crippen molar-refractivity contribution in [2.75, 3.05) is 0 Å². The summed E-state index contributed by atoms with van der Waals surface area (Å²) in [6.07, 6.45) is 2.12. The van der Waals surface area contributed by atoms with Crippen molar-refractivity contribution in [3.8, 4) is 39.1 Å². The van der Waals surface area contributed by atoms with E-state index in [1.165, 1.54) is 86.5 Å². The molecule has 60 heavy (non-hydrogen) atoms. The molecule has 13 rings (SSSR count). The third-order valence-electron chi connectivity index (χ3n) is 13.0. The van der Waals surface area contributed by atoms with Gasteiger partial charge in [-0.1, -0.05) is 152 Å². The predicted molar refractivity (Wildman–Crippen MR) is 254 cm³/mol. The van der Waals surface area contributed by atoms with Crippen molar-refractivity contribution in [1.82, 2.24) is 4.57 Å². The SMILES string of the molecule is c1ccc(CCC2c3ccccc3-c3ccc(-c4cccc5c4c4ccccc4n5-c4cc(-c5cccc6c5oc5ccccc56)c5sc6ccccc6c5c4)cc32)cc1. The molecule has 3 aromatic heterocycles. The molecule has 0 bridgehead atoms. The van der Waals surface area contributed by atoms with E-state index >= 15 is 0 Å². The van der Waals surface area contributed by atoms with Crippen molar-refractivity contribution >= 4 is 75.3 Å². The largest absolute Gasteiger partial charge is 0.455 e. The van der Waals surface area contributed by atoms with E-state index in [2.05, 4.69) is 199 Å². The van der Waals surface area contributed by atoms with Crippen molar-refractivity contribution in [3.05, 3.63) is 211 Å². The van der Waals surface area contributed by atoms with Crippen LogP contribution in [-0.2, 0) is 6.42 Å². The Morgan fingerprint density at radius 2 is 1.17 bits per heavy atom. The van der Waals surface area contributed by atoms with Gasteiger partial charge in [0.2, 0.25) is 0 Å². The summed E-state index contributed by atoms with van der Waals surface area (Å²) < 4.78 is 11.7. The first-order valence-corrected chi connectivity index (χ1v) is 21.7. The molecule has 0 N–H and O–H groups in total. The van der Waals surface area contributed by atoms with Gasteiger partial charge in [-0.2, -0.15) is 0 Å². The molecule has 0 aliphatic heterocycles. The standard InChI is InChI=1S/C57H37NOS/c1-2-14-35(15-3-1)28-30-41-39-16-4-5-17-40(39)42-31-29-36(32-48(41)42)38-21-13-25-52-55(38)47-20-6-9-24-51(47)58(52)37-33-49-44-19-8-11-27-54(44)60-57(49)50(34-37)46-23-12-22-45-43-18-7-10-26-53(43)59-56(45)46/h1-27,29,31-34,41H,28,30H2. The van der Waals surface area contributed by atoms with E-state index in [9.17, 15) is 0 Å². The molecule has 12 aromatic rings.